The summed E-state index contributed by atoms with van der Waals surface area (Å²) in [6.07, 6.45) is 3.23. The van der Waals surface area contributed by atoms with Crippen LogP contribution in [0.25, 0.3) is 0 Å². The van der Waals surface area contributed by atoms with Gasteiger partial charge in [-0.3, -0.25) is 4.79 Å². The third kappa shape index (κ3) is 6.00. The average Bonchev–Trinajstić information content (AvgIpc) is 2.37. The molecule has 1 heterocycles. The Morgan fingerprint density at radius 1 is 1.53 bits per heavy atom. The molecule has 0 aliphatic carbocycles. The van der Waals surface area contributed by atoms with Crippen LogP contribution in [0.5, 0.6) is 0 Å². The summed E-state index contributed by atoms with van der Waals surface area (Å²) in [6, 6.07) is 0.401. The first-order chi connectivity index (χ1) is 8.24. The maximum Gasteiger partial charge on any atom is 0.248 e. The summed E-state index contributed by atoms with van der Waals surface area (Å²) >= 11 is 0. The van der Waals surface area contributed by atoms with Crippen molar-refractivity contribution in [1.29, 1.82) is 0 Å². The monoisotopic (exact) mass is 244 g/mol. The topological polar surface area (TPSA) is 59.6 Å². The molecule has 2 unspecified atom stereocenters. The van der Waals surface area contributed by atoms with Gasteiger partial charge in [-0.05, 0) is 26.3 Å². The van der Waals surface area contributed by atoms with Gasteiger partial charge < -0.3 is 20.1 Å². The van der Waals surface area contributed by atoms with E-state index in [1.54, 1.807) is 14.0 Å². The van der Waals surface area contributed by atoms with Gasteiger partial charge in [-0.1, -0.05) is 6.42 Å². The van der Waals surface area contributed by atoms with Crippen molar-refractivity contribution in [3.63, 3.8) is 0 Å². The molecule has 1 aliphatic rings. The lowest BCUT2D eigenvalue weighted by Crippen LogP contribution is -2.41. The summed E-state index contributed by atoms with van der Waals surface area (Å²) in [7, 11) is 1.61. The van der Waals surface area contributed by atoms with E-state index in [0.717, 1.165) is 13.0 Å². The third-order valence-electron chi connectivity index (χ3n) is 2.93. The van der Waals surface area contributed by atoms with Crippen LogP contribution >= 0.6 is 0 Å². The van der Waals surface area contributed by atoms with E-state index in [-0.39, 0.29) is 5.91 Å². The molecular formula is C12H24N2O3. The van der Waals surface area contributed by atoms with Crippen LogP contribution in [0.2, 0.25) is 0 Å². The second-order valence-corrected chi connectivity index (χ2v) is 4.41. The van der Waals surface area contributed by atoms with Gasteiger partial charge >= 0.3 is 0 Å². The molecule has 1 aliphatic heterocycles. The fourth-order valence-electron chi connectivity index (χ4n) is 1.82. The number of carbonyl (C=O) groups is 1. The number of piperidine rings is 1. The molecule has 0 aromatic heterocycles. The summed E-state index contributed by atoms with van der Waals surface area (Å²) in [4.78, 5) is 11.6. The third-order valence-corrected chi connectivity index (χ3v) is 2.93. The van der Waals surface area contributed by atoms with Gasteiger partial charge in [0.05, 0.1) is 13.2 Å². The number of methoxy groups -OCH3 is 1. The molecule has 1 rings (SSSR count). The summed E-state index contributed by atoms with van der Waals surface area (Å²) in [5.41, 5.74) is 0. The molecule has 0 radical (unpaired) electrons. The van der Waals surface area contributed by atoms with Crippen molar-refractivity contribution in [1.82, 2.24) is 10.6 Å². The van der Waals surface area contributed by atoms with E-state index in [4.69, 9.17) is 9.47 Å². The molecular weight excluding hydrogens is 220 g/mol. The van der Waals surface area contributed by atoms with E-state index < -0.39 is 6.10 Å². The van der Waals surface area contributed by atoms with Crippen molar-refractivity contribution < 1.29 is 14.3 Å². The molecule has 5 heteroatoms. The first-order valence-electron chi connectivity index (χ1n) is 6.35. The highest BCUT2D eigenvalue weighted by Gasteiger charge is 2.17. The predicted octanol–water partition coefficient (Wildman–Crippen LogP) is 0.296. The Balaban J connectivity index is 2.10. The number of ether oxygens (including phenoxy) is 2. The lowest BCUT2D eigenvalue weighted by Gasteiger charge is -2.24. The second-order valence-electron chi connectivity index (χ2n) is 4.41. The van der Waals surface area contributed by atoms with Crippen LogP contribution in [-0.4, -0.2) is 51.5 Å². The van der Waals surface area contributed by atoms with Crippen LogP contribution < -0.4 is 10.6 Å². The van der Waals surface area contributed by atoms with Gasteiger partial charge in [-0.2, -0.15) is 0 Å². The summed E-state index contributed by atoms with van der Waals surface area (Å²) in [5.74, 6) is -0.0714. The minimum Gasteiger partial charge on any atom is -0.383 e. The number of hydrogen-bond donors (Lipinski definition) is 2. The van der Waals surface area contributed by atoms with Crippen LogP contribution in [0.3, 0.4) is 0 Å². The quantitative estimate of drug-likeness (QED) is 0.632. The Morgan fingerprint density at radius 3 is 3.00 bits per heavy atom. The van der Waals surface area contributed by atoms with Gasteiger partial charge in [-0.15, -0.1) is 0 Å². The van der Waals surface area contributed by atoms with Gasteiger partial charge in [0.1, 0.15) is 6.10 Å². The maximum absolute atomic E-state index is 11.6. The first kappa shape index (κ1) is 14.4. The smallest absolute Gasteiger partial charge is 0.248 e. The molecule has 5 nitrogen and oxygen atoms in total. The zero-order chi connectivity index (χ0) is 12.5. The van der Waals surface area contributed by atoms with E-state index in [1.165, 1.54) is 12.8 Å². The van der Waals surface area contributed by atoms with Gasteiger partial charge in [0.2, 0.25) is 5.91 Å². The fraction of sp³-hybridized carbons (Fsp3) is 0.917. The van der Waals surface area contributed by atoms with Gasteiger partial charge in [0.25, 0.3) is 0 Å². The highest BCUT2D eigenvalue weighted by atomic mass is 16.5. The van der Waals surface area contributed by atoms with Gasteiger partial charge in [-0.25, -0.2) is 0 Å². The highest BCUT2D eigenvalue weighted by molar-refractivity contribution is 5.80. The van der Waals surface area contributed by atoms with Crippen LogP contribution in [-0.2, 0) is 14.3 Å². The second kappa shape index (κ2) is 8.44. The van der Waals surface area contributed by atoms with E-state index in [1.807, 2.05) is 0 Å². The molecule has 0 aromatic carbocycles. The Bertz CT molecular complexity index is 218. The van der Waals surface area contributed by atoms with Crippen molar-refractivity contribution in [2.45, 2.75) is 38.3 Å². The first-order valence-corrected chi connectivity index (χ1v) is 6.35. The van der Waals surface area contributed by atoms with Crippen LogP contribution in [0, 0.1) is 0 Å². The Morgan fingerprint density at radius 2 is 2.35 bits per heavy atom. The summed E-state index contributed by atoms with van der Waals surface area (Å²) < 4.78 is 10.4. The van der Waals surface area contributed by atoms with Crippen LogP contribution in [0.15, 0.2) is 0 Å². The molecule has 100 valence electrons. The molecule has 2 N–H and O–H groups in total. The van der Waals surface area contributed by atoms with Crippen molar-refractivity contribution >= 4 is 5.91 Å². The highest BCUT2D eigenvalue weighted by Crippen LogP contribution is 2.07. The molecule has 2 atom stereocenters. The predicted molar refractivity (Wildman–Crippen MR) is 65.9 cm³/mol. The number of amides is 1. The minimum absolute atomic E-state index is 0.0714. The lowest BCUT2D eigenvalue weighted by molar-refractivity contribution is -0.132. The number of nitrogens with one attached hydrogen (secondary N) is 2. The fourth-order valence-corrected chi connectivity index (χ4v) is 1.82. The van der Waals surface area contributed by atoms with E-state index in [9.17, 15) is 4.79 Å². The number of rotatable bonds is 7. The van der Waals surface area contributed by atoms with Crippen LogP contribution in [0.4, 0.5) is 0 Å². The standard InChI is InChI=1S/C12H24N2O3/c1-10(12(15)14-7-8-16-2)17-9-11-5-3-4-6-13-11/h10-11,13H,3-9H2,1-2H3,(H,14,15). The molecule has 0 saturated carbocycles. The molecule has 1 amide bonds. The van der Waals surface area contributed by atoms with E-state index in [2.05, 4.69) is 10.6 Å². The minimum atomic E-state index is -0.393. The molecule has 0 spiro atoms. The van der Waals surface area contributed by atoms with E-state index >= 15 is 0 Å². The van der Waals surface area contributed by atoms with E-state index in [0.29, 0.717) is 25.8 Å². The zero-order valence-corrected chi connectivity index (χ0v) is 10.8. The maximum atomic E-state index is 11.6. The molecule has 0 aromatic rings. The largest absolute Gasteiger partial charge is 0.383 e. The summed E-state index contributed by atoms with van der Waals surface area (Å²) in [6.45, 7) is 4.51. The summed E-state index contributed by atoms with van der Waals surface area (Å²) in [5, 5.41) is 6.15. The molecule has 1 fully saturated rings. The molecule has 17 heavy (non-hydrogen) atoms. The Labute approximate surface area is 103 Å². The average molecular weight is 244 g/mol. The van der Waals surface area contributed by atoms with Gasteiger partial charge in [0, 0.05) is 19.7 Å². The van der Waals surface area contributed by atoms with Gasteiger partial charge in [0.15, 0.2) is 0 Å². The molecule has 0 bridgehead atoms. The lowest BCUT2D eigenvalue weighted by atomic mass is 10.1. The number of carbonyl (C=O) groups excluding carboxylic acids is 1. The van der Waals surface area contributed by atoms with Crippen molar-refractivity contribution in [3.05, 3.63) is 0 Å². The van der Waals surface area contributed by atoms with Crippen molar-refractivity contribution in [2.75, 3.05) is 33.4 Å². The zero-order valence-electron chi connectivity index (χ0n) is 10.8. The van der Waals surface area contributed by atoms with Crippen molar-refractivity contribution in [2.24, 2.45) is 0 Å². The SMILES string of the molecule is COCCNC(=O)C(C)OCC1CCCCN1. The Hall–Kier alpha value is -0.650. The molecule has 1 saturated heterocycles. The van der Waals surface area contributed by atoms with Crippen molar-refractivity contribution in [3.8, 4) is 0 Å². The Kier molecular flexibility index (Phi) is 7.16. The normalized spacial score (nSPS) is 22.1. The van der Waals surface area contributed by atoms with Crippen LogP contribution in [0.1, 0.15) is 26.2 Å². The number of hydrogen-bond acceptors (Lipinski definition) is 4.